The number of nitrogens with one attached hydrogen (secondary N) is 1. The van der Waals surface area contributed by atoms with Crippen molar-refractivity contribution in [2.45, 2.75) is 6.42 Å². The largest absolute Gasteiger partial charge is 0.481 e. The number of piperazine rings is 1. The first kappa shape index (κ1) is 18.4. The Kier molecular flexibility index (Phi) is 6.28. The molecule has 24 heavy (non-hydrogen) atoms. The fourth-order valence-corrected chi connectivity index (χ4v) is 2.92. The second kappa shape index (κ2) is 8.21. The number of carbonyl (C=O) groups excluding carboxylic acids is 2. The number of carbonyl (C=O) groups is 3. The summed E-state index contributed by atoms with van der Waals surface area (Å²) in [6.45, 7) is 1.49. The van der Waals surface area contributed by atoms with Crippen molar-refractivity contribution in [2.24, 2.45) is 0 Å². The molecule has 0 unspecified atom stereocenters. The van der Waals surface area contributed by atoms with Gasteiger partial charge in [-0.2, -0.15) is 0 Å². The maximum atomic E-state index is 12.5. The van der Waals surface area contributed by atoms with Crippen LogP contribution in [0, 0.1) is 0 Å². The summed E-state index contributed by atoms with van der Waals surface area (Å²) in [6, 6.07) is 4.54. The highest BCUT2D eigenvalue weighted by molar-refractivity contribution is 6.39. The maximum absolute atomic E-state index is 12.5. The fraction of sp³-hybridized carbons (Fsp3) is 0.400. The van der Waals surface area contributed by atoms with Crippen LogP contribution in [0.3, 0.4) is 0 Å². The first-order chi connectivity index (χ1) is 11.4. The van der Waals surface area contributed by atoms with E-state index in [1.807, 2.05) is 0 Å². The number of hydrogen-bond donors (Lipinski definition) is 2. The maximum Gasteiger partial charge on any atom is 0.317 e. The van der Waals surface area contributed by atoms with Gasteiger partial charge in [-0.1, -0.05) is 29.3 Å². The summed E-state index contributed by atoms with van der Waals surface area (Å²) in [5.41, 5.74) is 0.264. The lowest BCUT2D eigenvalue weighted by atomic mass is 10.1. The number of benzene rings is 1. The molecule has 7 nitrogen and oxygen atoms in total. The summed E-state index contributed by atoms with van der Waals surface area (Å²) >= 11 is 12.1. The predicted octanol–water partition coefficient (Wildman–Crippen LogP) is 1.94. The minimum atomic E-state index is -0.970. The molecule has 1 aromatic rings. The smallest absolute Gasteiger partial charge is 0.317 e. The average Bonchev–Trinajstić information content (AvgIpc) is 2.54. The second-order valence-electron chi connectivity index (χ2n) is 5.25. The van der Waals surface area contributed by atoms with Crippen molar-refractivity contribution < 1.29 is 19.5 Å². The van der Waals surface area contributed by atoms with Crippen LogP contribution < -0.4 is 5.32 Å². The van der Waals surface area contributed by atoms with Crippen LogP contribution in [-0.4, -0.2) is 65.5 Å². The summed E-state index contributed by atoms with van der Waals surface area (Å²) < 4.78 is 0. The second-order valence-corrected chi connectivity index (χ2v) is 6.07. The summed E-state index contributed by atoms with van der Waals surface area (Å²) in [7, 11) is 0. The van der Waals surface area contributed by atoms with E-state index >= 15 is 0 Å². The van der Waals surface area contributed by atoms with Gasteiger partial charge in [0.15, 0.2) is 0 Å². The Balaban J connectivity index is 1.89. The van der Waals surface area contributed by atoms with Crippen LogP contribution in [0.15, 0.2) is 18.2 Å². The zero-order valence-corrected chi connectivity index (χ0v) is 14.3. The zero-order chi connectivity index (χ0) is 17.7. The van der Waals surface area contributed by atoms with Crippen molar-refractivity contribution in [1.82, 2.24) is 15.1 Å². The van der Waals surface area contributed by atoms with Crippen LogP contribution in [0.1, 0.15) is 16.8 Å². The standard InChI is InChI=1S/C15H17Cl2N3O4/c16-10-2-1-3-11(17)13(10)14(23)19-6-8-20(9-7-19)15(24)18-5-4-12(21)22/h1-3H,4-9H2,(H,18,24)(H,21,22). The van der Waals surface area contributed by atoms with Crippen LogP contribution >= 0.6 is 23.2 Å². The van der Waals surface area contributed by atoms with Crippen molar-refractivity contribution >= 4 is 41.1 Å². The predicted molar refractivity (Wildman–Crippen MR) is 89.6 cm³/mol. The average molecular weight is 374 g/mol. The summed E-state index contributed by atoms with van der Waals surface area (Å²) in [6.07, 6.45) is -0.130. The fourth-order valence-electron chi connectivity index (χ4n) is 2.36. The van der Waals surface area contributed by atoms with E-state index in [9.17, 15) is 14.4 Å². The zero-order valence-electron chi connectivity index (χ0n) is 12.8. The Bertz CT molecular complexity index is 625. The van der Waals surface area contributed by atoms with Crippen LogP contribution in [0.25, 0.3) is 0 Å². The lowest BCUT2D eigenvalue weighted by Gasteiger charge is -2.35. The van der Waals surface area contributed by atoms with Crippen molar-refractivity contribution in [2.75, 3.05) is 32.7 Å². The summed E-state index contributed by atoms with van der Waals surface area (Å²) in [4.78, 5) is 38.0. The minimum Gasteiger partial charge on any atom is -0.481 e. The molecule has 0 aliphatic carbocycles. The number of carboxylic acids is 1. The van der Waals surface area contributed by atoms with E-state index in [1.165, 1.54) is 0 Å². The number of nitrogens with zero attached hydrogens (tertiary/aromatic N) is 2. The molecule has 0 radical (unpaired) electrons. The van der Waals surface area contributed by atoms with Crippen molar-refractivity contribution in [3.8, 4) is 0 Å². The Labute approximate surface area is 149 Å². The van der Waals surface area contributed by atoms with E-state index in [4.69, 9.17) is 28.3 Å². The number of hydrogen-bond acceptors (Lipinski definition) is 3. The summed E-state index contributed by atoms with van der Waals surface area (Å²) in [5.74, 6) is -1.24. The van der Waals surface area contributed by atoms with Gasteiger partial charge in [-0.25, -0.2) is 4.79 Å². The molecule has 0 atom stereocenters. The minimum absolute atomic E-state index is 0.0720. The number of halogens is 2. The van der Waals surface area contributed by atoms with E-state index < -0.39 is 5.97 Å². The molecular weight excluding hydrogens is 357 g/mol. The van der Waals surface area contributed by atoms with Crippen molar-refractivity contribution in [3.05, 3.63) is 33.8 Å². The number of carboxylic acid groups (broad SMARTS) is 1. The van der Waals surface area contributed by atoms with Gasteiger partial charge in [0, 0.05) is 32.7 Å². The van der Waals surface area contributed by atoms with Gasteiger partial charge in [0.05, 0.1) is 22.0 Å². The van der Waals surface area contributed by atoms with Crippen molar-refractivity contribution in [3.63, 3.8) is 0 Å². The third-order valence-electron chi connectivity index (χ3n) is 3.65. The molecule has 2 rings (SSSR count). The van der Waals surface area contributed by atoms with Crippen LogP contribution in [0.2, 0.25) is 10.0 Å². The van der Waals surface area contributed by atoms with E-state index in [0.717, 1.165) is 0 Å². The van der Waals surface area contributed by atoms with E-state index in [-0.39, 0.29) is 30.5 Å². The van der Waals surface area contributed by atoms with E-state index in [0.29, 0.717) is 36.2 Å². The Hall–Kier alpha value is -1.99. The molecule has 0 bridgehead atoms. The van der Waals surface area contributed by atoms with Gasteiger partial charge in [-0.15, -0.1) is 0 Å². The molecule has 1 aliphatic heterocycles. The first-order valence-electron chi connectivity index (χ1n) is 7.38. The Morgan fingerprint density at radius 2 is 1.58 bits per heavy atom. The quantitative estimate of drug-likeness (QED) is 0.843. The van der Waals surface area contributed by atoms with Crippen LogP contribution in [-0.2, 0) is 4.79 Å². The topological polar surface area (TPSA) is 89.9 Å². The SMILES string of the molecule is O=C(O)CCNC(=O)N1CCN(C(=O)c2c(Cl)cccc2Cl)CC1. The molecule has 0 aromatic heterocycles. The molecule has 2 N–H and O–H groups in total. The van der Waals surface area contributed by atoms with Gasteiger partial charge >= 0.3 is 12.0 Å². The number of aliphatic carboxylic acids is 1. The highest BCUT2D eigenvalue weighted by Crippen LogP contribution is 2.26. The summed E-state index contributed by atoms with van der Waals surface area (Å²) in [5, 5.41) is 11.7. The molecular formula is C15H17Cl2N3O4. The van der Waals surface area contributed by atoms with E-state index in [1.54, 1.807) is 28.0 Å². The van der Waals surface area contributed by atoms with Gasteiger partial charge in [-0.05, 0) is 12.1 Å². The molecule has 1 aromatic carbocycles. The molecule has 1 saturated heterocycles. The molecule has 0 spiro atoms. The van der Waals surface area contributed by atoms with Gasteiger partial charge in [0.2, 0.25) is 0 Å². The third kappa shape index (κ3) is 4.52. The molecule has 3 amide bonds. The van der Waals surface area contributed by atoms with Gasteiger partial charge in [-0.3, -0.25) is 9.59 Å². The molecule has 130 valence electrons. The Morgan fingerprint density at radius 3 is 2.12 bits per heavy atom. The van der Waals surface area contributed by atoms with Crippen molar-refractivity contribution in [1.29, 1.82) is 0 Å². The number of urea groups is 1. The highest BCUT2D eigenvalue weighted by atomic mass is 35.5. The monoisotopic (exact) mass is 373 g/mol. The third-order valence-corrected chi connectivity index (χ3v) is 4.28. The highest BCUT2D eigenvalue weighted by Gasteiger charge is 2.27. The first-order valence-corrected chi connectivity index (χ1v) is 8.13. The molecule has 1 fully saturated rings. The molecule has 9 heteroatoms. The lowest BCUT2D eigenvalue weighted by Crippen LogP contribution is -2.53. The molecule has 1 aliphatic rings. The lowest BCUT2D eigenvalue weighted by molar-refractivity contribution is -0.136. The Morgan fingerprint density at radius 1 is 1.04 bits per heavy atom. The normalized spacial score (nSPS) is 14.4. The molecule has 1 heterocycles. The van der Waals surface area contributed by atoms with E-state index in [2.05, 4.69) is 5.32 Å². The van der Waals surface area contributed by atoms with Gasteiger partial charge in [0.25, 0.3) is 5.91 Å². The number of amides is 3. The van der Waals surface area contributed by atoms with Crippen LogP contribution in [0.4, 0.5) is 4.79 Å². The van der Waals surface area contributed by atoms with Gasteiger partial charge < -0.3 is 20.2 Å². The molecule has 0 saturated carbocycles. The van der Waals surface area contributed by atoms with Gasteiger partial charge in [0.1, 0.15) is 0 Å². The van der Waals surface area contributed by atoms with Crippen LogP contribution in [0.5, 0.6) is 0 Å². The number of rotatable bonds is 4.